The first kappa shape index (κ1) is 11.9. The average Bonchev–Trinajstić information content (AvgIpc) is 2.58. The van der Waals surface area contributed by atoms with Crippen molar-refractivity contribution in [1.82, 2.24) is 4.98 Å². The van der Waals surface area contributed by atoms with Crippen LogP contribution in [0.3, 0.4) is 0 Å². The second kappa shape index (κ2) is 6.30. The first-order chi connectivity index (χ1) is 6.72. The number of Topliss-reactive ketones (excluding diaryl/α,β-unsaturated/α-hetero) is 1. The van der Waals surface area contributed by atoms with Crippen molar-refractivity contribution in [2.24, 2.45) is 0 Å². The topological polar surface area (TPSA) is 30.0 Å². The Bertz CT molecular complexity index is 298. The van der Waals surface area contributed by atoms with E-state index in [-0.39, 0.29) is 0 Å². The van der Waals surface area contributed by atoms with Gasteiger partial charge in [0.25, 0.3) is 0 Å². The molecule has 0 saturated heterocycles. The zero-order valence-corrected chi connectivity index (χ0v) is 10.7. The Morgan fingerprint density at radius 3 is 2.93 bits per heavy atom. The standard InChI is InChI=1S/C10H14BrNOS/c1-8-12-9(7-14-8)4-5-10(13)3-2-6-11/h7H,2-6H2,1H3. The number of aryl methyl sites for hydroxylation is 2. The minimum atomic E-state index is 0.343. The van der Waals surface area contributed by atoms with Crippen molar-refractivity contribution in [3.8, 4) is 0 Å². The largest absolute Gasteiger partial charge is 0.300 e. The Hall–Kier alpha value is -0.220. The van der Waals surface area contributed by atoms with E-state index in [1.54, 1.807) is 11.3 Å². The zero-order valence-electron chi connectivity index (χ0n) is 8.25. The van der Waals surface area contributed by atoms with Gasteiger partial charge >= 0.3 is 0 Å². The van der Waals surface area contributed by atoms with Gasteiger partial charge in [-0.3, -0.25) is 4.79 Å². The maximum Gasteiger partial charge on any atom is 0.133 e. The molecular formula is C10H14BrNOS. The highest BCUT2D eigenvalue weighted by atomic mass is 79.9. The fraction of sp³-hybridized carbons (Fsp3) is 0.600. The predicted molar refractivity (Wildman–Crippen MR) is 63.2 cm³/mol. The van der Waals surface area contributed by atoms with E-state index in [0.29, 0.717) is 18.6 Å². The van der Waals surface area contributed by atoms with Crippen molar-refractivity contribution in [3.05, 3.63) is 16.1 Å². The molecule has 1 rings (SSSR count). The Balaban J connectivity index is 2.23. The predicted octanol–water partition coefficient (Wildman–Crippen LogP) is 3.13. The second-order valence-electron chi connectivity index (χ2n) is 3.19. The molecular weight excluding hydrogens is 262 g/mol. The van der Waals surface area contributed by atoms with E-state index in [0.717, 1.165) is 28.9 Å². The summed E-state index contributed by atoms with van der Waals surface area (Å²) in [7, 11) is 0. The lowest BCUT2D eigenvalue weighted by Crippen LogP contribution is -2.00. The molecule has 2 nitrogen and oxygen atoms in total. The van der Waals surface area contributed by atoms with E-state index in [9.17, 15) is 4.79 Å². The fourth-order valence-electron chi connectivity index (χ4n) is 1.18. The summed E-state index contributed by atoms with van der Waals surface area (Å²) < 4.78 is 0. The van der Waals surface area contributed by atoms with Gasteiger partial charge in [0.2, 0.25) is 0 Å². The van der Waals surface area contributed by atoms with Gasteiger partial charge in [0.1, 0.15) is 5.78 Å². The number of carbonyl (C=O) groups excluding carboxylic acids is 1. The van der Waals surface area contributed by atoms with E-state index in [4.69, 9.17) is 0 Å². The van der Waals surface area contributed by atoms with Crippen LogP contribution in [0.5, 0.6) is 0 Å². The van der Waals surface area contributed by atoms with Crippen LogP contribution in [0.25, 0.3) is 0 Å². The summed E-state index contributed by atoms with van der Waals surface area (Å²) in [6.45, 7) is 1.99. The van der Waals surface area contributed by atoms with Crippen LogP contribution in [0.15, 0.2) is 5.38 Å². The van der Waals surface area contributed by atoms with Crippen LogP contribution in [-0.4, -0.2) is 16.1 Å². The molecule has 0 aliphatic carbocycles. The first-order valence-electron chi connectivity index (χ1n) is 4.71. The van der Waals surface area contributed by atoms with Crippen LogP contribution < -0.4 is 0 Å². The first-order valence-corrected chi connectivity index (χ1v) is 6.71. The Morgan fingerprint density at radius 2 is 2.36 bits per heavy atom. The van der Waals surface area contributed by atoms with Gasteiger partial charge in [-0.05, 0) is 19.8 Å². The molecule has 0 atom stereocenters. The van der Waals surface area contributed by atoms with E-state index >= 15 is 0 Å². The normalized spacial score (nSPS) is 10.4. The molecule has 4 heteroatoms. The number of halogens is 1. The van der Waals surface area contributed by atoms with E-state index < -0.39 is 0 Å². The number of aromatic nitrogens is 1. The molecule has 0 fully saturated rings. The highest BCUT2D eigenvalue weighted by Gasteiger charge is 2.04. The molecule has 0 saturated carbocycles. The zero-order chi connectivity index (χ0) is 10.4. The van der Waals surface area contributed by atoms with E-state index in [1.165, 1.54) is 0 Å². The third-order valence-corrected chi connectivity index (χ3v) is 3.30. The smallest absolute Gasteiger partial charge is 0.133 e. The molecule has 0 spiro atoms. The molecule has 0 aromatic carbocycles. The molecule has 1 aromatic heterocycles. The van der Waals surface area contributed by atoms with Gasteiger partial charge in [0, 0.05) is 23.6 Å². The number of hydrogen-bond donors (Lipinski definition) is 0. The molecule has 0 unspecified atom stereocenters. The van der Waals surface area contributed by atoms with Crippen LogP contribution in [0.2, 0.25) is 0 Å². The van der Waals surface area contributed by atoms with Crippen LogP contribution >= 0.6 is 27.3 Å². The van der Waals surface area contributed by atoms with Crippen molar-refractivity contribution in [2.45, 2.75) is 32.6 Å². The quantitative estimate of drug-likeness (QED) is 0.747. The lowest BCUT2D eigenvalue weighted by Gasteiger charge is -1.96. The summed E-state index contributed by atoms with van der Waals surface area (Å²) in [4.78, 5) is 15.7. The SMILES string of the molecule is Cc1nc(CCC(=O)CCCBr)cs1. The molecule has 0 N–H and O–H groups in total. The maximum atomic E-state index is 11.3. The Kier molecular flexibility index (Phi) is 5.33. The van der Waals surface area contributed by atoms with Gasteiger partial charge in [-0.2, -0.15) is 0 Å². The van der Waals surface area contributed by atoms with Crippen molar-refractivity contribution >= 4 is 33.0 Å². The summed E-state index contributed by atoms with van der Waals surface area (Å²) in [5.74, 6) is 0.343. The Labute approximate surface area is 96.9 Å². The summed E-state index contributed by atoms with van der Waals surface area (Å²) in [5.41, 5.74) is 1.06. The van der Waals surface area contributed by atoms with Crippen LogP contribution in [0.4, 0.5) is 0 Å². The fourth-order valence-corrected chi connectivity index (χ4v) is 2.11. The highest BCUT2D eigenvalue weighted by Crippen LogP contribution is 2.10. The summed E-state index contributed by atoms with van der Waals surface area (Å²) in [6, 6.07) is 0. The molecule has 1 heterocycles. The van der Waals surface area contributed by atoms with Crippen molar-refractivity contribution in [3.63, 3.8) is 0 Å². The highest BCUT2D eigenvalue weighted by molar-refractivity contribution is 9.09. The molecule has 0 radical (unpaired) electrons. The van der Waals surface area contributed by atoms with Crippen molar-refractivity contribution < 1.29 is 4.79 Å². The van der Waals surface area contributed by atoms with E-state index in [2.05, 4.69) is 20.9 Å². The van der Waals surface area contributed by atoms with Gasteiger partial charge in [-0.15, -0.1) is 11.3 Å². The third kappa shape index (κ3) is 4.33. The third-order valence-electron chi connectivity index (χ3n) is 1.92. The van der Waals surface area contributed by atoms with E-state index in [1.807, 2.05) is 12.3 Å². The lowest BCUT2D eigenvalue weighted by atomic mass is 10.1. The number of alkyl halides is 1. The van der Waals surface area contributed by atoms with Gasteiger partial charge in [-0.1, -0.05) is 15.9 Å². The molecule has 0 amide bonds. The van der Waals surface area contributed by atoms with Gasteiger partial charge in [0.15, 0.2) is 0 Å². The summed E-state index contributed by atoms with van der Waals surface area (Å²) in [6.07, 6.45) is 3.06. The van der Waals surface area contributed by atoms with Gasteiger partial charge in [-0.25, -0.2) is 4.98 Å². The van der Waals surface area contributed by atoms with Crippen molar-refractivity contribution in [1.29, 1.82) is 0 Å². The molecule has 1 aromatic rings. The maximum absolute atomic E-state index is 11.3. The van der Waals surface area contributed by atoms with Crippen LogP contribution in [-0.2, 0) is 11.2 Å². The number of carbonyl (C=O) groups is 1. The summed E-state index contributed by atoms with van der Waals surface area (Å²) in [5, 5.41) is 4.02. The number of hydrogen-bond acceptors (Lipinski definition) is 3. The molecule has 78 valence electrons. The average molecular weight is 276 g/mol. The molecule has 0 bridgehead atoms. The number of rotatable bonds is 6. The minimum Gasteiger partial charge on any atom is -0.300 e. The van der Waals surface area contributed by atoms with Gasteiger partial charge in [0.05, 0.1) is 10.7 Å². The van der Waals surface area contributed by atoms with Crippen molar-refractivity contribution in [2.75, 3.05) is 5.33 Å². The molecule has 0 aliphatic rings. The number of thiazole rings is 1. The lowest BCUT2D eigenvalue weighted by molar-refractivity contribution is -0.119. The number of ketones is 1. The Morgan fingerprint density at radius 1 is 1.57 bits per heavy atom. The monoisotopic (exact) mass is 275 g/mol. The molecule has 14 heavy (non-hydrogen) atoms. The van der Waals surface area contributed by atoms with Crippen LogP contribution in [0, 0.1) is 6.92 Å². The van der Waals surface area contributed by atoms with Crippen LogP contribution in [0.1, 0.15) is 30.0 Å². The van der Waals surface area contributed by atoms with Gasteiger partial charge < -0.3 is 0 Å². The number of nitrogens with zero attached hydrogens (tertiary/aromatic N) is 1. The second-order valence-corrected chi connectivity index (χ2v) is 5.04. The summed E-state index contributed by atoms with van der Waals surface area (Å²) >= 11 is 4.96. The minimum absolute atomic E-state index is 0.343. The molecule has 0 aliphatic heterocycles.